The zero-order valence-electron chi connectivity index (χ0n) is 12.1. The van der Waals surface area contributed by atoms with E-state index in [1.165, 1.54) is 0 Å². The largest absolute Gasteiger partial charge is 0.480 e. The quantitative estimate of drug-likeness (QED) is 0.673. The van der Waals surface area contributed by atoms with E-state index >= 15 is 0 Å². The van der Waals surface area contributed by atoms with Crippen LogP contribution in [-0.2, 0) is 9.59 Å². The van der Waals surface area contributed by atoms with Crippen molar-refractivity contribution in [2.24, 2.45) is 0 Å². The summed E-state index contributed by atoms with van der Waals surface area (Å²) >= 11 is 0. The Labute approximate surface area is 131 Å². The van der Waals surface area contributed by atoms with Crippen LogP contribution >= 0.6 is 0 Å². The average molecular weight is 311 g/mol. The minimum atomic E-state index is -1.09. The maximum absolute atomic E-state index is 11.8. The number of aliphatic carboxylic acids is 1. The van der Waals surface area contributed by atoms with E-state index in [2.05, 4.69) is 0 Å². The first kappa shape index (κ1) is 14.5. The Hall–Kier alpha value is -2.40. The van der Waals surface area contributed by atoms with Gasteiger partial charge in [0.05, 0.1) is 6.42 Å². The van der Waals surface area contributed by atoms with Crippen LogP contribution in [0.3, 0.4) is 0 Å². The summed E-state index contributed by atoms with van der Waals surface area (Å²) in [5.41, 5.74) is 2.40. The molecular weight excluding hydrogens is 294 g/mol. The molecule has 1 aliphatic heterocycles. The first-order valence-electron chi connectivity index (χ1n) is 7.29. The monoisotopic (exact) mass is 311 g/mol. The SMILES string of the molecule is O=C(O)C1CC(=O)N1[SiH2]C(c1ccccc1)c1ccccc1. The second-order valence-corrected chi connectivity index (χ2v) is 7.34. The topological polar surface area (TPSA) is 57.6 Å². The number of benzene rings is 2. The van der Waals surface area contributed by atoms with Crippen LogP contribution in [0.5, 0.6) is 0 Å². The van der Waals surface area contributed by atoms with Crippen molar-refractivity contribution < 1.29 is 14.7 Å². The highest BCUT2D eigenvalue weighted by Gasteiger charge is 2.42. The lowest BCUT2D eigenvalue weighted by Crippen LogP contribution is -2.59. The number of hydrogen-bond donors (Lipinski definition) is 1. The number of amides is 1. The number of nitrogens with zero attached hydrogens (tertiary/aromatic N) is 1. The molecule has 1 saturated heterocycles. The van der Waals surface area contributed by atoms with Crippen molar-refractivity contribution in [3.05, 3.63) is 71.8 Å². The molecule has 1 atom stereocenters. The van der Waals surface area contributed by atoms with Gasteiger partial charge < -0.3 is 9.67 Å². The van der Waals surface area contributed by atoms with Crippen LogP contribution < -0.4 is 0 Å². The predicted octanol–water partition coefficient (Wildman–Crippen LogP) is 1.55. The maximum atomic E-state index is 11.8. The second-order valence-electron chi connectivity index (χ2n) is 5.48. The van der Waals surface area contributed by atoms with Gasteiger partial charge in [0.1, 0.15) is 15.7 Å². The molecule has 1 fully saturated rings. The van der Waals surface area contributed by atoms with Crippen molar-refractivity contribution in [3.63, 3.8) is 0 Å². The van der Waals surface area contributed by atoms with Crippen molar-refractivity contribution in [2.45, 2.75) is 18.0 Å². The van der Waals surface area contributed by atoms with Crippen molar-refractivity contribution in [1.29, 1.82) is 0 Å². The van der Waals surface area contributed by atoms with Crippen LogP contribution in [0.15, 0.2) is 60.7 Å². The summed E-state index contributed by atoms with van der Waals surface area (Å²) in [6, 6.07) is 19.4. The van der Waals surface area contributed by atoms with E-state index in [1.54, 1.807) is 4.57 Å². The highest BCUT2D eigenvalue weighted by Crippen LogP contribution is 2.28. The zero-order chi connectivity index (χ0) is 15.5. The summed E-state index contributed by atoms with van der Waals surface area (Å²) < 4.78 is 1.60. The number of carboxylic acids is 1. The molecule has 1 aliphatic rings. The van der Waals surface area contributed by atoms with Crippen LogP contribution in [0.4, 0.5) is 0 Å². The van der Waals surface area contributed by atoms with Gasteiger partial charge in [0.15, 0.2) is 0 Å². The molecule has 1 amide bonds. The molecule has 3 rings (SSSR count). The Morgan fingerprint density at radius 3 is 1.95 bits per heavy atom. The van der Waals surface area contributed by atoms with Crippen molar-refractivity contribution >= 4 is 21.6 Å². The zero-order valence-corrected chi connectivity index (χ0v) is 13.5. The lowest BCUT2D eigenvalue weighted by atomic mass is 10.0. The molecule has 0 aliphatic carbocycles. The molecule has 22 heavy (non-hydrogen) atoms. The van der Waals surface area contributed by atoms with Gasteiger partial charge in [-0.3, -0.25) is 9.59 Å². The number of hydrogen-bond acceptors (Lipinski definition) is 2. The standard InChI is InChI=1S/C17H17NO3Si/c19-15-11-14(17(20)21)18(15)22-16(12-7-3-1-4-8-12)13-9-5-2-6-10-13/h1-10,14,16H,11,22H2,(H,20,21). The van der Waals surface area contributed by atoms with Gasteiger partial charge in [-0.1, -0.05) is 60.7 Å². The number of carbonyl (C=O) groups is 2. The van der Waals surface area contributed by atoms with Gasteiger partial charge in [-0.05, 0) is 11.1 Å². The van der Waals surface area contributed by atoms with E-state index in [9.17, 15) is 14.7 Å². The molecule has 0 bridgehead atoms. The van der Waals surface area contributed by atoms with Crippen LogP contribution in [-0.4, -0.2) is 37.3 Å². The number of β-lactam (4-membered cyclic amide) rings is 1. The first-order chi connectivity index (χ1) is 10.7. The summed E-state index contributed by atoms with van der Waals surface area (Å²) in [6.45, 7) is 0. The van der Waals surface area contributed by atoms with Crippen LogP contribution in [0.2, 0.25) is 0 Å². The highest BCUT2D eigenvalue weighted by atomic mass is 28.2. The van der Waals surface area contributed by atoms with E-state index in [0.717, 1.165) is 11.1 Å². The van der Waals surface area contributed by atoms with Gasteiger partial charge in [-0.2, -0.15) is 0 Å². The van der Waals surface area contributed by atoms with E-state index in [4.69, 9.17) is 0 Å². The van der Waals surface area contributed by atoms with Gasteiger partial charge in [0.25, 0.3) is 0 Å². The molecule has 0 radical (unpaired) electrons. The van der Waals surface area contributed by atoms with E-state index < -0.39 is 21.7 Å². The van der Waals surface area contributed by atoms with E-state index in [-0.39, 0.29) is 17.9 Å². The minimum absolute atomic E-state index is 0.0315. The Morgan fingerprint density at radius 2 is 1.55 bits per heavy atom. The molecule has 1 unspecified atom stereocenters. The average Bonchev–Trinajstić information content (AvgIpc) is 2.54. The third kappa shape index (κ3) is 2.80. The molecule has 1 heterocycles. The molecule has 5 heteroatoms. The molecule has 0 aromatic heterocycles. The van der Waals surface area contributed by atoms with Crippen LogP contribution in [0, 0.1) is 0 Å². The summed E-state index contributed by atoms with van der Waals surface area (Å²) in [5, 5.41) is 9.20. The molecule has 112 valence electrons. The fourth-order valence-corrected chi connectivity index (χ4v) is 5.11. The Bertz CT molecular complexity index is 635. The molecule has 2 aromatic carbocycles. The van der Waals surface area contributed by atoms with Crippen molar-refractivity contribution in [3.8, 4) is 0 Å². The lowest BCUT2D eigenvalue weighted by molar-refractivity contribution is -0.155. The van der Waals surface area contributed by atoms with Crippen molar-refractivity contribution in [1.82, 2.24) is 4.57 Å². The van der Waals surface area contributed by atoms with Gasteiger partial charge >= 0.3 is 5.97 Å². The summed E-state index contributed by atoms with van der Waals surface area (Å²) in [5.74, 6) is -0.928. The third-order valence-electron chi connectivity index (χ3n) is 4.13. The number of carboxylic acid groups (broad SMARTS) is 1. The molecule has 0 saturated carbocycles. The smallest absolute Gasteiger partial charge is 0.326 e. The Kier molecular flexibility index (Phi) is 4.06. The second kappa shape index (κ2) is 6.15. The van der Waals surface area contributed by atoms with Crippen LogP contribution in [0.1, 0.15) is 23.1 Å². The van der Waals surface area contributed by atoms with E-state index in [1.807, 2.05) is 60.7 Å². The van der Waals surface area contributed by atoms with Gasteiger partial charge in [0.2, 0.25) is 5.91 Å². The van der Waals surface area contributed by atoms with E-state index in [0.29, 0.717) is 0 Å². The normalized spacial score (nSPS) is 18.0. The predicted molar refractivity (Wildman–Crippen MR) is 86.2 cm³/mol. The molecule has 2 aromatic rings. The Balaban J connectivity index is 1.90. The van der Waals surface area contributed by atoms with Gasteiger partial charge in [-0.25, -0.2) is 0 Å². The Morgan fingerprint density at radius 1 is 1.05 bits per heavy atom. The molecule has 4 nitrogen and oxygen atoms in total. The minimum Gasteiger partial charge on any atom is -0.480 e. The summed E-state index contributed by atoms with van der Waals surface area (Å²) in [6.07, 6.45) is 0.138. The van der Waals surface area contributed by atoms with Gasteiger partial charge in [-0.15, -0.1) is 0 Å². The summed E-state index contributed by atoms with van der Waals surface area (Å²) in [4.78, 5) is 23.1. The molecule has 1 N–H and O–H groups in total. The van der Waals surface area contributed by atoms with Crippen molar-refractivity contribution in [2.75, 3.05) is 0 Å². The fourth-order valence-electron chi connectivity index (χ4n) is 2.87. The van der Waals surface area contributed by atoms with Crippen LogP contribution in [0.25, 0.3) is 0 Å². The fraction of sp³-hybridized carbons (Fsp3) is 0.176. The number of rotatable bonds is 5. The molecule has 0 spiro atoms. The molecular formula is C17H17NO3Si. The lowest BCUT2D eigenvalue weighted by Gasteiger charge is -2.40. The maximum Gasteiger partial charge on any atom is 0.326 e. The number of carbonyl (C=O) groups excluding carboxylic acids is 1. The first-order valence-corrected chi connectivity index (χ1v) is 8.74. The highest BCUT2D eigenvalue weighted by molar-refractivity contribution is 6.42. The summed E-state index contributed by atoms with van der Waals surface area (Å²) in [7, 11) is -1.09. The third-order valence-corrected chi connectivity index (χ3v) is 6.63. The van der Waals surface area contributed by atoms with Gasteiger partial charge in [0, 0.05) is 5.54 Å².